The van der Waals surface area contributed by atoms with Gasteiger partial charge < -0.3 is 14.4 Å². The van der Waals surface area contributed by atoms with Gasteiger partial charge in [0.25, 0.3) is 0 Å². The molecule has 1 amide bonds. The molecule has 1 aliphatic rings. The van der Waals surface area contributed by atoms with Crippen LogP contribution in [0.25, 0.3) is 0 Å². The summed E-state index contributed by atoms with van der Waals surface area (Å²) < 4.78 is 10.3. The van der Waals surface area contributed by atoms with Gasteiger partial charge in [0.2, 0.25) is 5.91 Å². The van der Waals surface area contributed by atoms with Crippen LogP contribution in [0.2, 0.25) is 0 Å². The van der Waals surface area contributed by atoms with Gasteiger partial charge in [-0.1, -0.05) is 6.92 Å². The van der Waals surface area contributed by atoms with E-state index in [0.29, 0.717) is 22.7 Å². The SMILES string of the molecule is CCCCl.COc1cc2c(cc1OC)N(C)C(=O)CC2=O. The van der Waals surface area contributed by atoms with Gasteiger partial charge in [0.15, 0.2) is 17.3 Å². The third-order valence-corrected chi connectivity index (χ3v) is 3.42. The topological polar surface area (TPSA) is 55.8 Å². The fourth-order valence-corrected chi connectivity index (χ4v) is 1.85. The summed E-state index contributed by atoms with van der Waals surface area (Å²) in [6.45, 7) is 2.05. The molecule has 1 heterocycles. The number of benzene rings is 1. The Labute approximate surface area is 129 Å². The van der Waals surface area contributed by atoms with E-state index in [9.17, 15) is 9.59 Å². The van der Waals surface area contributed by atoms with Crippen LogP contribution in [0.15, 0.2) is 12.1 Å². The first-order valence-corrected chi connectivity index (χ1v) is 7.15. The summed E-state index contributed by atoms with van der Waals surface area (Å²) in [6, 6.07) is 3.25. The van der Waals surface area contributed by atoms with E-state index in [1.165, 1.54) is 19.1 Å². The van der Waals surface area contributed by atoms with Crippen molar-refractivity contribution in [1.29, 1.82) is 0 Å². The second-order valence-corrected chi connectivity index (χ2v) is 4.84. The normalized spacial score (nSPS) is 13.3. The standard InChI is InChI=1S/C12H13NO4.C3H7Cl/c1-13-8-5-11(17-3)10(16-2)4-7(8)9(14)6-12(13)15;1-2-3-4/h4-5H,6H2,1-3H3;2-3H2,1H3. The highest BCUT2D eigenvalue weighted by Gasteiger charge is 2.29. The first kappa shape index (κ1) is 17.3. The van der Waals surface area contributed by atoms with Crippen LogP contribution in [-0.4, -0.2) is 38.8 Å². The molecular formula is C15H20ClNO4. The van der Waals surface area contributed by atoms with Crippen LogP contribution in [0.3, 0.4) is 0 Å². The Bertz CT molecular complexity index is 529. The minimum atomic E-state index is -0.213. The molecule has 0 atom stereocenters. The minimum absolute atomic E-state index is 0.0982. The molecule has 0 aliphatic carbocycles. The Morgan fingerprint density at radius 2 is 1.71 bits per heavy atom. The Morgan fingerprint density at radius 1 is 1.19 bits per heavy atom. The van der Waals surface area contributed by atoms with E-state index in [0.717, 1.165) is 12.3 Å². The van der Waals surface area contributed by atoms with Gasteiger partial charge in [-0.05, 0) is 12.5 Å². The van der Waals surface area contributed by atoms with Crippen molar-refractivity contribution in [2.24, 2.45) is 0 Å². The molecule has 5 nitrogen and oxygen atoms in total. The van der Waals surface area contributed by atoms with Gasteiger partial charge in [0.1, 0.15) is 0 Å². The summed E-state index contributed by atoms with van der Waals surface area (Å²) in [7, 11) is 4.66. The molecule has 0 fully saturated rings. The first-order chi connectivity index (χ1) is 9.99. The van der Waals surface area contributed by atoms with Gasteiger partial charge >= 0.3 is 0 Å². The van der Waals surface area contributed by atoms with Crippen LogP contribution >= 0.6 is 11.6 Å². The van der Waals surface area contributed by atoms with Crippen molar-refractivity contribution in [3.8, 4) is 11.5 Å². The zero-order chi connectivity index (χ0) is 16.0. The maximum absolute atomic E-state index is 11.8. The van der Waals surface area contributed by atoms with E-state index >= 15 is 0 Å². The van der Waals surface area contributed by atoms with Crippen molar-refractivity contribution in [3.63, 3.8) is 0 Å². The molecule has 6 heteroatoms. The first-order valence-electron chi connectivity index (χ1n) is 6.61. The Hall–Kier alpha value is -1.75. The molecule has 0 N–H and O–H groups in total. The Balaban J connectivity index is 0.000000491. The number of hydrogen-bond acceptors (Lipinski definition) is 4. The highest BCUT2D eigenvalue weighted by molar-refractivity contribution is 6.19. The average Bonchev–Trinajstić information content (AvgIpc) is 2.51. The molecule has 0 aromatic heterocycles. The second kappa shape index (κ2) is 7.88. The van der Waals surface area contributed by atoms with Crippen molar-refractivity contribution < 1.29 is 19.1 Å². The third kappa shape index (κ3) is 3.88. The molecule has 0 saturated heterocycles. The van der Waals surface area contributed by atoms with Gasteiger partial charge in [-0.15, -0.1) is 11.6 Å². The number of rotatable bonds is 3. The molecule has 2 rings (SSSR count). The molecule has 1 aromatic rings. The molecule has 21 heavy (non-hydrogen) atoms. The fourth-order valence-electron chi connectivity index (χ4n) is 1.85. The summed E-state index contributed by atoms with van der Waals surface area (Å²) in [5.41, 5.74) is 1.05. The van der Waals surface area contributed by atoms with Crippen LogP contribution in [-0.2, 0) is 4.79 Å². The molecule has 0 bridgehead atoms. The number of fused-ring (bicyclic) bond motifs is 1. The minimum Gasteiger partial charge on any atom is -0.493 e. The lowest BCUT2D eigenvalue weighted by molar-refractivity contribution is -0.117. The number of carbonyl (C=O) groups excluding carboxylic acids is 2. The fraction of sp³-hybridized carbons (Fsp3) is 0.467. The van der Waals surface area contributed by atoms with E-state index in [2.05, 4.69) is 0 Å². The van der Waals surface area contributed by atoms with E-state index < -0.39 is 0 Å². The summed E-state index contributed by atoms with van der Waals surface area (Å²) in [4.78, 5) is 24.8. The van der Waals surface area contributed by atoms with Crippen molar-refractivity contribution >= 4 is 29.0 Å². The molecule has 0 saturated carbocycles. The summed E-state index contributed by atoms with van der Waals surface area (Å²) in [6.07, 6.45) is 0.987. The number of alkyl halides is 1. The van der Waals surface area contributed by atoms with E-state index in [-0.39, 0.29) is 18.1 Å². The molecule has 1 aliphatic heterocycles. The van der Waals surface area contributed by atoms with Gasteiger partial charge in [-0.3, -0.25) is 9.59 Å². The van der Waals surface area contributed by atoms with Crippen molar-refractivity contribution in [2.45, 2.75) is 19.8 Å². The third-order valence-electron chi connectivity index (χ3n) is 3.04. The van der Waals surface area contributed by atoms with Crippen molar-refractivity contribution in [3.05, 3.63) is 17.7 Å². The lowest BCUT2D eigenvalue weighted by atomic mass is 9.99. The van der Waals surface area contributed by atoms with Crippen LogP contribution in [0.1, 0.15) is 30.1 Å². The number of nitrogens with zero attached hydrogens (tertiary/aromatic N) is 1. The lowest BCUT2D eigenvalue weighted by Crippen LogP contribution is -2.34. The molecule has 0 unspecified atom stereocenters. The molecule has 1 aromatic carbocycles. The van der Waals surface area contributed by atoms with E-state index in [4.69, 9.17) is 21.1 Å². The van der Waals surface area contributed by atoms with E-state index in [1.54, 1.807) is 19.2 Å². The number of ketones is 1. The zero-order valence-corrected chi connectivity index (χ0v) is 13.5. The second-order valence-electron chi connectivity index (χ2n) is 4.47. The van der Waals surface area contributed by atoms with Crippen molar-refractivity contribution in [1.82, 2.24) is 0 Å². The predicted octanol–water partition coefficient (Wildman–Crippen LogP) is 2.89. The maximum Gasteiger partial charge on any atom is 0.234 e. The molecule has 0 radical (unpaired) electrons. The van der Waals surface area contributed by atoms with Crippen LogP contribution < -0.4 is 14.4 Å². The smallest absolute Gasteiger partial charge is 0.234 e. The van der Waals surface area contributed by atoms with Crippen LogP contribution in [0.5, 0.6) is 11.5 Å². The number of halogens is 1. The predicted molar refractivity (Wildman–Crippen MR) is 82.9 cm³/mol. The van der Waals surface area contributed by atoms with Gasteiger partial charge in [0, 0.05) is 24.6 Å². The highest BCUT2D eigenvalue weighted by atomic mass is 35.5. The van der Waals surface area contributed by atoms with Crippen LogP contribution in [0.4, 0.5) is 5.69 Å². The lowest BCUT2D eigenvalue weighted by Gasteiger charge is -2.25. The van der Waals surface area contributed by atoms with Gasteiger partial charge in [-0.25, -0.2) is 0 Å². The number of ether oxygens (including phenoxy) is 2. The summed E-state index contributed by atoms with van der Waals surface area (Å²) in [5, 5.41) is 0. The molecule has 116 valence electrons. The van der Waals surface area contributed by atoms with E-state index in [1.807, 2.05) is 6.92 Å². The number of hydrogen-bond donors (Lipinski definition) is 0. The monoisotopic (exact) mass is 313 g/mol. The van der Waals surface area contributed by atoms with Gasteiger partial charge in [0.05, 0.1) is 26.3 Å². The largest absolute Gasteiger partial charge is 0.493 e. The zero-order valence-electron chi connectivity index (χ0n) is 12.7. The Morgan fingerprint density at radius 3 is 2.19 bits per heavy atom. The van der Waals surface area contributed by atoms with Gasteiger partial charge in [-0.2, -0.15) is 0 Å². The Kier molecular flexibility index (Phi) is 6.49. The number of amides is 1. The molecular weight excluding hydrogens is 294 g/mol. The van der Waals surface area contributed by atoms with Crippen molar-refractivity contribution in [2.75, 3.05) is 32.0 Å². The maximum atomic E-state index is 11.8. The average molecular weight is 314 g/mol. The van der Waals surface area contributed by atoms with Crippen LogP contribution in [0, 0.1) is 0 Å². The number of anilines is 1. The number of carbonyl (C=O) groups is 2. The number of Topliss-reactive ketones (excluding diaryl/α,β-unsaturated/α-hetero) is 1. The molecule has 0 spiro atoms. The quantitative estimate of drug-likeness (QED) is 0.636. The summed E-state index contributed by atoms with van der Waals surface area (Å²) in [5.74, 6) is 1.38. The highest BCUT2D eigenvalue weighted by Crippen LogP contribution is 2.37. The number of methoxy groups -OCH3 is 2. The summed E-state index contributed by atoms with van der Waals surface area (Å²) >= 11 is 5.19.